The van der Waals surface area contributed by atoms with E-state index >= 15 is 0 Å². The highest BCUT2D eigenvalue weighted by atomic mass is 32.2. The Labute approximate surface area is 118 Å². The summed E-state index contributed by atoms with van der Waals surface area (Å²) in [4.78, 5) is 0.975. The molecule has 1 aromatic carbocycles. The Kier molecular flexibility index (Phi) is 3.64. The molecule has 0 aliphatic heterocycles. The molecular formula is C14H20N2O2S. The molecule has 1 N–H and O–H groups in total. The second-order valence-corrected chi connectivity index (χ2v) is 6.56. The monoisotopic (exact) mass is 280 g/mol. The maximum atomic E-state index is 10.0. The van der Waals surface area contributed by atoms with Crippen LogP contribution in [0.5, 0.6) is 0 Å². The van der Waals surface area contributed by atoms with Crippen molar-refractivity contribution in [3.05, 3.63) is 24.4 Å². The number of benzene rings is 1. The van der Waals surface area contributed by atoms with Crippen LogP contribution in [0.4, 0.5) is 0 Å². The summed E-state index contributed by atoms with van der Waals surface area (Å²) >= 11 is 1.27. The number of nitrogens with zero attached hydrogens (tertiary/aromatic N) is 2. The summed E-state index contributed by atoms with van der Waals surface area (Å²) in [6.45, 7) is 7.24. The van der Waals surface area contributed by atoms with Gasteiger partial charge in [0.25, 0.3) is 0 Å². The fraction of sp³-hybridized carbons (Fsp3) is 0.500. The summed E-state index contributed by atoms with van der Waals surface area (Å²) in [7, 11) is 1.90. The van der Waals surface area contributed by atoms with E-state index in [1.165, 1.54) is 12.0 Å². The van der Waals surface area contributed by atoms with Gasteiger partial charge < -0.3 is 9.29 Å². The van der Waals surface area contributed by atoms with E-state index in [1.54, 1.807) is 18.5 Å². The number of aliphatic hydroxyl groups is 1. The normalized spacial score (nSPS) is 13.2. The van der Waals surface area contributed by atoms with Crippen LogP contribution in [0.25, 0.3) is 10.9 Å². The van der Waals surface area contributed by atoms with Crippen molar-refractivity contribution in [1.82, 2.24) is 9.78 Å². The van der Waals surface area contributed by atoms with E-state index in [9.17, 15) is 5.11 Å². The van der Waals surface area contributed by atoms with E-state index in [-0.39, 0.29) is 0 Å². The van der Waals surface area contributed by atoms with Crippen LogP contribution in [0.2, 0.25) is 0 Å². The Morgan fingerprint density at radius 2 is 1.95 bits per heavy atom. The van der Waals surface area contributed by atoms with Gasteiger partial charge in [-0.1, -0.05) is 6.07 Å². The van der Waals surface area contributed by atoms with Crippen LogP contribution >= 0.6 is 12.0 Å². The summed E-state index contributed by atoms with van der Waals surface area (Å²) in [6.07, 6.45) is 1.98. The molecule has 104 valence electrons. The lowest BCUT2D eigenvalue weighted by atomic mass is 9.90. The lowest BCUT2D eigenvalue weighted by Gasteiger charge is -2.35. The van der Waals surface area contributed by atoms with Crippen LogP contribution in [0.15, 0.2) is 29.3 Å². The molecule has 4 nitrogen and oxygen atoms in total. The smallest absolute Gasteiger partial charge is 0.106 e. The van der Waals surface area contributed by atoms with Gasteiger partial charge in [0.15, 0.2) is 0 Å². The molecule has 0 bridgehead atoms. The van der Waals surface area contributed by atoms with Crippen LogP contribution in [-0.2, 0) is 11.2 Å². The van der Waals surface area contributed by atoms with Crippen molar-refractivity contribution in [2.24, 2.45) is 7.05 Å². The van der Waals surface area contributed by atoms with Crippen molar-refractivity contribution >= 4 is 22.9 Å². The fourth-order valence-corrected chi connectivity index (χ4v) is 2.22. The second kappa shape index (κ2) is 4.81. The number of hydrogen-bond acceptors (Lipinski definition) is 4. The number of fused-ring (bicyclic) bond motifs is 1. The minimum absolute atomic E-state index is 0.642. The third-order valence-corrected chi connectivity index (χ3v) is 4.36. The lowest BCUT2D eigenvalue weighted by Crippen LogP contribution is -2.45. The minimum atomic E-state index is -0.908. The molecule has 2 rings (SSSR count). The topological polar surface area (TPSA) is 47.3 Å². The average molecular weight is 280 g/mol. The zero-order chi connectivity index (χ0) is 14.3. The predicted molar refractivity (Wildman–Crippen MR) is 78.0 cm³/mol. The van der Waals surface area contributed by atoms with Gasteiger partial charge in [0, 0.05) is 35.6 Å². The van der Waals surface area contributed by atoms with Crippen molar-refractivity contribution in [1.29, 1.82) is 0 Å². The predicted octanol–water partition coefficient (Wildman–Crippen LogP) is 3.15. The molecule has 1 aromatic heterocycles. The first-order chi connectivity index (χ1) is 8.69. The SMILES string of the molecule is Cn1cc2ccc(SOC(C)(C)C(C)(C)O)cc2n1. The number of hydrogen-bond donors (Lipinski definition) is 1. The van der Waals surface area contributed by atoms with Crippen molar-refractivity contribution in [3.63, 3.8) is 0 Å². The van der Waals surface area contributed by atoms with Gasteiger partial charge in [-0.25, -0.2) is 0 Å². The summed E-state index contributed by atoms with van der Waals surface area (Å²) in [6, 6.07) is 6.00. The molecule has 0 saturated heterocycles. The molecule has 0 atom stereocenters. The Balaban J connectivity index is 2.14. The quantitative estimate of drug-likeness (QED) is 0.874. The van der Waals surface area contributed by atoms with Gasteiger partial charge in [-0.05, 0) is 39.8 Å². The zero-order valence-electron chi connectivity index (χ0n) is 12.0. The minimum Gasteiger partial charge on any atom is -0.387 e. The molecule has 5 heteroatoms. The zero-order valence-corrected chi connectivity index (χ0v) is 12.8. The first-order valence-electron chi connectivity index (χ1n) is 6.20. The number of aromatic nitrogens is 2. The standard InChI is InChI=1S/C14H20N2O2S/c1-13(2,17)14(3,4)18-19-11-7-6-10-9-16(5)15-12(10)8-11/h6-9,17H,1-5H3. The van der Waals surface area contributed by atoms with Gasteiger partial charge in [0.05, 0.1) is 11.1 Å². The molecule has 0 aliphatic rings. The highest BCUT2D eigenvalue weighted by Crippen LogP contribution is 2.33. The van der Waals surface area contributed by atoms with E-state index in [1.807, 2.05) is 45.3 Å². The van der Waals surface area contributed by atoms with Gasteiger partial charge >= 0.3 is 0 Å². The maximum Gasteiger partial charge on any atom is 0.106 e. The van der Waals surface area contributed by atoms with Gasteiger partial charge in [-0.2, -0.15) is 5.10 Å². The highest BCUT2D eigenvalue weighted by molar-refractivity contribution is 7.94. The Hall–Kier alpha value is -1.04. The molecule has 0 fully saturated rings. The second-order valence-electron chi connectivity index (χ2n) is 5.76. The summed E-state index contributed by atoms with van der Waals surface area (Å²) in [5.41, 5.74) is -0.608. The third kappa shape index (κ3) is 3.11. The Bertz CT molecular complexity index is 585. The molecule has 1 heterocycles. The van der Waals surface area contributed by atoms with Gasteiger partial charge in [0.2, 0.25) is 0 Å². The van der Waals surface area contributed by atoms with Crippen LogP contribution in [0.1, 0.15) is 27.7 Å². The van der Waals surface area contributed by atoms with Gasteiger partial charge in [-0.15, -0.1) is 0 Å². The van der Waals surface area contributed by atoms with Crippen LogP contribution < -0.4 is 0 Å². The molecule has 0 saturated carbocycles. The third-order valence-electron chi connectivity index (χ3n) is 3.41. The van der Waals surface area contributed by atoms with Crippen molar-refractivity contribution in [3.8, 4) is 0 Å². The maximum absolute atomic E-state index is 10.0. The molecule has 19 heavy (non-hydrogen) atoms. The Morgan fingerprint density at radius 3 is 2.58 bits per heavy atom. The van der Waals surface area contributed by atoms with E-state index in [4.69, 9.17) is 4.18 Å². The molecular weight excluding hydrogens is 260 g/mol. The Morgan fingerprint density at radius 1 is 1.26 bits per heavy atom. The van der Waals surface area contributed by atoms with E-state index in [2.05, 4.69) is 5.10 Å². The molecule has 0 amide bonds. The molecule has 0 spiro atoms. The van der Waals surface area contributed by atoms with E-state index in [0.717, 1.165) is 15.8 Å². The van der Waals surface area contributed by atoms with Crippen molar-refractivity contribution < 1.29 is 9.29 Å². The summed E-state index contributed by atoms with van der Waals surface area (Å²) in [5, 5.41) is 15.5. The number of rotatable bonds is 4. The molecule has 2 aromatic rings. The van der Waals surface area contributed by atoms with Crippen LogP contribution in [0, 0.1) is 0 Å². The fourth-order valence-electron chi connectivity index (χ4n) is 1.43. The molecule has 0 radical (unpaired) electrons. The van der Waals surface area contributed by atoms with Crippen LogP contribution in [-0.4, -0.2) is 26.1 Å². The summed E-state index contributed by atoms with van der Waals surface area (Å²) in [5.74, 6) is 0. The highest BCUT2D eigenvalue weighted by Gasteiger charge is 2.36. The van der Waals surface area contributed by atoms with Crippen molar-refractivity contribution in [2.75, 3.05) is 0 Å². The van der Waals surface area contributed by atoms with Crippen LogP contribution in [0.3, 0.4) is 0 Å². The first-order valence-corrected chi connectivity index (χ1v) is 6.95. The van der Waals surface area contributed by atoms with E-state index < -0.39 is 11.2 Å². The average Bonchev–Trinajstić information content (AvgIpc) is 2.64. The molecule has 0 unspecified atom stereocenters. The first kappa shape index (κ1) is 14.4. The van der Waals surface area contributed by atoms with E-state index in [0.29, 0.717) is 0 Å². The molecule has 0 aliphatic carbocycles. The van der Waals surface area contributed by atoms with Gasteiger partial charge in [-0.3, -0.25) is 4.68 Å². The largest absolute Gasteiger partial charge is 0.387 e. The van der Waals surface area contributed by atoms with Gasteiger partial charge in [0.1, 0.15) is 5.60 Å². The lowest BCUT2D eigenvalue weighted by molar-refractivity contribution is -0.0813. The summed E-state index contributed by atoms with van der Waals surface area (Å²) < 4.78 is 7.56. The van der Waals surface area contributed by atoms with Crippen molar-refractivity contribution in [2.45, 2.75) is 43.8 Å². The number of aryl methyl sites for hydroxylation is 1.